The van der Waals surface area contributed by atoms with Crippen molar-refractivity contribution in [3.8, 4) is 0 Å². The van der Waals surface area contributed by atoms with Crippen molar-refractivity contribution in [3.05, 3.63) is 35.9 Å². The first kappa shape index (κ1) is 15.7. The van der Waals surface area contributed by atoms with Gasteiger partial charge in [0.2, 0.25) is 0 Å². The number of hydrogen-bond donors (Lipinski definition) is 1. The number of esters is 1. The summed E-state index contributed by atoms with van der Waals surface area (Å²) in [5.41, 5.74) is 1.17. The minimum atomic E-state index is -0.185. The molecule has 0 spiro atoms. The maximum absolute atomic E-state index is 11.6. The molecule has 1 N–H and O–H groups in total. The Morgan fingerprint density at radius 1 is 1.37 bits per heavy atom. The third-order valence-electron chi connectivity index (χ3n) is 2.89. The van der Waals surface area contributed by atoms with Crippen LogP contribution in [0.5, 0.6) is 0 Å². The van der Waals surface area contributed by atoms with Crippen LogP contribution in [0.15, 0.2) is 30.3 Å². The molecule has 0 aliphatic rings. The van der Waals surface area contributed by atoms with Crippen LogP contribution in [0.4, 0.5) is 0 Å². The van der Waals surface area contributed by atoms with Gasteiger partial charge < -0.3 is 9.84 Å². The summed E-state index contributed by atoms with van der Waals surface area (Å²) >= 11 is 0. The highest BCUT2D eigenvalue weighted by molar-refractivity contribution is 5.72. The van der Waals surface area contributed by atoms with Gasteiger partial charge in [0.05, 0.1) is 19.1 Å². The molecule has 19 heavy (non-hydrogen) atoms. The van der Waals surface area contributed by atoms with Gasteiger partial charge in [0.1, 0.15) is 0 Å². The molecule has 0 saturated heterocycles. The van der Waals surface area contributed by atoms with E-state index in [0.717, 1.165) is 6.54 Å². The van der Waals surface area contributed by atoms with E-state index in [9.17, 15) is 4.79 Å². The third-order valence-corrected chi connectivity index (χ3v) is 2.89. The van der Waals surface area contributed by atoms with Crippen LogP contribution in [0.3, 0.4) is 0 Å². The maximum atomic E-state index is 11.6. The van der Waals surface area contributed by atoms with Crippen molar-refractivity contribution in [2.24, 2.45) is 5.92 Å². The van der Waals surface area contributed by atoms with Crippen molar-refractivity contribution in [1.82, 2.24) is 4.90 Å². The van der Waals surface area contributed by atoms with Gasteiger partial charge >= 0.3 is 5.97 Å². The molecule has 0 amide bonds. The average Bonchev–Trinajstić information content (AvgIpc) is 2.40. The first-order chi connectivity index (χ1) is 9.17. The van der Waals surface area contributed by atoms with Gasteiger partial charge in [0, 0.05) is 19.6 Å². The predicted molar refractivity (Wildman–Crippen MR) is 74.6 cm³/mol. The van der Waals surface area contributed by atoms with Gasteiger partial charge in [0.15, 0.2) is 0 Å². The van der Waals surface area contributed by atoms with E-state index >= 15 is 0 Å². The van der Waals surface area contributed by atoms with E-state index in [4.69, 9.17) is 9.84 Å². The second kappa shape index (κ2) is 8.67. The Hall–Kier alpha value is -1.39. The summed E-state index contributed by atoms with van der Waals surface area (Å²) in [6.45, 7) is 6.02. The zero-order valence-corrected chi connectivity index (χ0v) is 11.7. The summed E-state index contributed by atoms with van der Waals surface area (Å²) in [5, 5.41) is 9.11. The van der Waals surface area contributed by atoms with E-state index in [1.807, 2.05) is 37.3 Å². The first-order valence-electron chi connectivity index (χ1n) is 6.71. The molecule has 1 aromatic rings. The highest BCUT2D eigenvalue weighted by Gasteiger charge is 2.18. The smallest absolute Gasteiger partial charge is 0.309 e. The Kier molecular flexibility index (Phi) is 7.15. The molecule has 0 saturated carbocycles. The fourth-order valence-electron chi connectivity index (χ4n) is 1.96. The van der Waals surface area contributed by atoms with E-state index in [1.54, 1.807) is 6.92 Å². The van der Waals surface area contributed by atoms with E-state index in [2.05, 4.69) is 4.90 Å². The number of carbonyl (C=O) groups is 1. The van der Waals surface area contributed by atoms with Crippen LogP contribution >= 0.6 is 0 Å². The molecule has 0 heterocycles. The van der Waals surface area contributed by atoms with Gasteiger partial charge in [-0.1, -0.05) is 37.3 Å². The van der Waals surface area contributed by atoms with Crippen LogP contribution in [0.1, 0.15) is 19.4 Å². The number of aliphatic hydroxyl groups is 1. The lowest BCUT2D eigenvalue weighted by atomic mass is 10.1. The molecule has 4 nitrogen and oxygen atoms in total. The van der Waals surface area contributed by atoms with Crippen LogP contribution in [0, 0.1) is 5.92 Å². The third kappa shape index (κ3) is 5.85. The SMILES string of the molecule is CCOC(=O)C(C)CN(CCO)Cc1ccccc1. The van der Waals surface area contributed by atoms with Crippen molar-refractivity contribution in [1.29, 1.82) is 0 Å². The molecule has 1 aromatic carbocycles. The summed E-state index contributed by atoms with van der Waals surface area (Å²) in [5.74, 6) is -0.367. The lowest BCUT2D eigenvalue weighted by Gasteiger charge is -2.24. The Morgan fingerprint density at radius 2 is 2.05 bits per heavy atom. The predicted octanol–water partition coefficient (Wildman–Crippen LogP) is 1.68. The summed E-state index contributed by atoms with van der Waals surface area (Å²) < 4.78 is 5.00. The van der Waals surface area contributed by atoms with Crippen LogP contribution in [0.25, 0.3) is 0 Å². The molecule has 0 aliphatic heterocycles. The lowest BCUT2D eigenvalue weighted by molar-refractivity contribution is -0.148. The Bertz CT molecular complexity index is 367. The van der Waals surface area contributed by atoms with Crippen molar-refractivity contribution >= 4 is 5.97 Å². The van der Waals surface area contributed by atoms with Gasteiger partial charge in [-0.3, -0.25) is 9.69 Å². The zero-order valence-electron chi connectivity index (χ0n) is 11.7. The number of benzene rings is 1. The van der Waals surface area contributed by atoms with E-state index in [-0.39, 0.29) is 18.5 Å². The van der Waals surface area contributed by atoms with Crippen LogP contribution in [0.2, 0.25) is 0 Å². The Labute approximate surface area is 115 Å². The molecule has 0 bridgehead atoms. The zero-order chi connectivity index (χ0) is 14.1. The maximum Gasteiger partial charge on any atom is 0.309 e. The van der Waals surface area contributed by atoms with Crippen LogP contribution in [-0.2, 0) is 16.1 Å². The Balaban J connectivity index is 2.55. The fourth-order valence-corrected chi connectivity index (χ4v) is 1.96. The molecule has 1 unspecified atom stereocenters. The average molecular weight is 265 g/mol. The second-order valence-electron chi connectivity index (χ2n) is 4.60. The molecular weight excluding hydrogens is 242 g/mol. The number of nitrogens with zero attached hydrogens (tertiary/aromatic N) is 1. The molecule has 1 atom stereocenters. The van der Waals surface area contributed by atoms with Gasteiger partial charge in [-0.25, -0.2) is 0 Å². The van der Waals surface area contributed by atoms with Crippen molar-refractivity contribution in [3.63, 3.8) is 0 Å². The quantitative estimate of drug-likeness (QED) is 0.727. The summed E-state index contributed by atoms with van der Waals surface area (Å²) in [6.07, 6.45) is 0. The van der Waals surface area contributed by atoms with E-state index in [1.165, 1.54) is 5.56 Å². The summed E-state index contributed by atoms with van der Waals surface area (Å²) in [6, 6.07) is 10.0. The number of carbonyl (C=O) groups excluding carboxylic acids is 1. The van der Waals surface area contributed by atoms with Crippen molar-refractivity contribution < 1.29 is 14.6 Å². The first-order valence-corrected chi connectivity index (χ1v) is 6.71. The number of rotatable bonds is 8. The molecular formula is C15H23NO3. The van der Waals surface area contributed by atoms with Gasteiger partial charge in [-0.15, -0.1) is 0 Å². The molecule has 0 aromatic heterocycles. The number of ether oxygens (including phenoxy) is 1. The molecule has 4 heteroatoms. The molecule has 1 rings (SSSR count). The number of aliphatic hydroxyl groups excluding tert-OH is 1. The minimum Gasteiger partial charge on any atom is -0.466 e. The summed E-state index contributed by atoms with van der Waals surface area (Å²) in [7, 11) is 0. The lowest BCUT2D eigenvalue weighted by Crippen LogP contribution is -2.34. The Morgan fingerprint density at radius 3 is 2.63 bits per heavy atom. The normalized spacial score (nSPS) is 12.4. The molecule has 106 valence electrons. The highest BCUT2D eigenvalue weighted by atomic mass is 16.5. The monoisotopic (exact) mass is 265 g/mol. The van der Waals surface area contributed by atoms with Crippen LogP contribution in [-0.4, -0.2) is 42.3 Å². The number of hydrogen-bond acceptors (Lipinski definition) is 4. The minimum absolute atomic E-state index is 0.0857. The topological polar surface area (TPSA) is 49.8 Å². The van der Waals surface area contributed by atoms with Crippen molar-refractivity contribution in [2.75, 3.05) is 26.3 Å². The summed E-state index contributed by atoms with van der Waals surface area (Å²) in [4.78, 5) is 13.7. The van der Waals surface area contributed by atoms with Gasteiger partial charge in [0.25, 0.3) is 0 Å². The van der Waals surface area contributed by atoms with E-state index in [0.29, 0.717) is 19.7 Å². The van der Waals surface area contributed by atoms with Crippen molar-refractivity contribution in [2.45, 2.75) is 20.4 Å². The van der Waals surface area contributed by atoms with Crippen LogP contribution < -0.4 is 0 Å². The molecule has 0 fully saturated rings. The molecule has 0 radical (unpaired) electrons. The second-order valence-corrected chi connectivity index (χ2v) is 4.60. The fraction of sp³-hybridized carbons (Fsp3) is 0.533. The van der Waals surface area contributed by atoms with Gasteiger partial charge in [-0.2, -0.15) is 0 Å². The van der Waals surface area contributed by atoms with Gasteiger partial charge in [-0.05, 0) is 12.5 Å². The highest BCUT2D eigenvalue weighted by Crippen LogP contribution is 2.08. The van der Waals surface area contributed by atoms with E-state index < -0.39 is 0 Å². The largest absolute Gasteiger partial charge is 0.466 e. The molecule has 0 aliphatic carbocycles. The standard InChI is InChI=1S/C15H23NO3/c1-3-19-15(18)13(2)11-16(9-10-17)12-14-7-5-4-6-8-14/h4-8,13,17H,3,9-12H2,1-2H3.